The van der Waals surface area contributed by atoms with Gasteiger partial charge in [0.05, 0.1) is 11.0 Å². The van der Waals surface area contributed by atoms with Crippen molar-refractivity contribution in [2.45, 2.75) is 0 Å². The van der Waals surface area contributed by atoms with Gasteiger partial charge in [0.2, 0.25) is 5.91 Å². The molecule has 0 radical (unpaired) electrons. The molecule has 4 aromatic rings. The number of rotatable bonds is 3. The third-order valence-electron chi connectivity index (χ3n) is 5.59. The third-order valence-corrected chi connectivity index (χ3v) is 5.91. The molecule has 0 atom stereocenters. The normalized spacial score (nSPS) is 14.2. The van der Waals surface area contributed by atoms with Crippen molar-refractivity contribution in [3.05, 3.63) is 66.9 Å². The molecular formula is C23H19ClN6O. The molecule has 31 heavy (non-hydrogen) atoms. The maximum Gasteiger partial charge on any atom is 0.246 e. The Bertz CT molecular complexity index is 1310. The second-order valence-electron chi connectivity index (χ2n) is 7.33. The Kier molecular flexibility index (Phi) is 4.95. The second-order valence-corrected chi connectivity index (χ2v) is 7.74. The van der Waals surface area contributed by atoms with Crippen LogP contribution in [0.4, 0.5) is 5.82 Å². The molecule has 7 nitrogen and oxygen atoms in total. The van der Waals surface area contributed by atoms with Crippen LogP contribution in [0.5, 0.6) is 0 Å². The molecule has 1 saturated heterocycles. The smallest absolute Gasteiger partial charge is 0.246 e. The molecule has 1 aliphatic heterocycles. The first-order valence-electron chi connectivity index (χ1n) is 9.95. The number of halogens is 1. The number of hydrogen-bond acceptors (Lipinski definition) is 6. The molecule has 154 valence electrons. The largest absolute Gasteiger partial charge is 0.352 e. The molecule has 1 aliphatic rings. The first-order chi connectivity index (χ1) is 15.2. The molecule has 1 amide bonds. The summed E-state index contributed by atoms with van der Waals surface area (Å²) < 4.78 is 0. The number of carbonyl (C=O) groups excluding carboxylic acids is 1. The van der Waals surface area contributed by atoms with E-state index in [2.05, 4.69) is 31.4 Å². The molecular weight excluding hydrogens is 412 g/mol. The van der Waals surface area contributed by atoms with Crippen LogP contribution in [0.3, 0.4) is 0 Å². The topological polar surface area (TPSA) is 75.1 Å². The minimum absolute atomic E-state index is 0.0428. The molecule has 2 aromatic carbocycles. The van der Waals surface area contributed by atoms with E-state index in [-0.39, 0.29) is 5.91 Å². The van der Waals surface area contributed by atoms with E-state index >= 15 is 0 Å². The number of anilines is 1. The van der Waals surface area contributed by atoms with Crippen LogP contribution in [0, 0.1) is 0 Å². The minimum Gasteiger partial charge on any atom is -0.352 e. The summed E-state index contributed by atoms with van der Waals surface area (Å²) in [6.07, 6.45) is 6.26. The molecule has 5 rings (SSSR count). The van der Waals surface area contributed by atoms with Gasteiger partial charge in [-0.15, -0.1) is 0 Å². The van der Waals surface area contributed by atoms with Gasteiger partial charge in [-0.2, -0.15) is 0 Å². The highest BCUT2D eigenvalue weighted by Crippen LogP contribution is 2.37. The number of fused-ring (bicyclic) bond motifs is 2. The van der Waals surface area contributed by atoms with Crippen molar-refractivity contribution in [2.75, 3.05) is 31.1 Å². The Hall–Kier alpha value is -3.58. The number of carbonyl (C=O) groups is 1. The number of hydrogen-bond donors (Lipinski definition) is 0. The van der Waals surface area contributed by atoms with Gasteiger partial charge in [0.25, 0.3) is 0 Å². The molecule has 0 aliphatic carbocycles. The van der Waals surface area contributed by atoms with Crippen molar-refractivity contribution in [2.24, 2.45) is 0 Å². The fraction of sp³-hybridized carbons (Fsp3) is 0.174. The summed E-state index contributed by atoms with van der Waals surface area (Å²) in [5.41, 5.74) is 3.45. The van der Waals surface area contributed by atoms with Crippen LogP contribution in [0.25, 0.3) is 32.9 Å². The van der Waals surface area contributed by atoms with Gasteiger partial charge < -0.3 is 9.80 Å². The Morgan fingerprint density at radius 1 is 1.03 bits per heavy atom. The number of aromatic nitrogens is 4. The van der Waals surface area contributed by atoms with Crippen molar-refractivity contribution in [1.82, 2.24) is 24.8 Å². The molecule has 0 N–H and O–H groups in total. The summed E-state index contributed by atoms with van der Waals surface area (Å²) in [4.78, 5) is 33.4. The van der Waals surface area contributed by atoms with Crippen LogP contribution in [0.2, 0.25) is 5.02 Å². The summed E-state index contributed by atoms with van der Waals surface area (Å²) in [6, 6.07) is 9.85. The van der Waals surface area contributed by atoms with Gasteiger partial charge in [-0.25, -0.2) is 19.9 Å². The molecule has 0 bridgehead atoms. The standard InChI is InChI=1S/C23H19ClN6O/c1-2-21(31)29-6-8-30(9-7-29)23-18-10-19(24)17(11-20(18)26-14-28-23)16-5-3-4-15-12-25-13-27-22(15)16/h2-5,10-14H,1,6-9H2. The predicted molar refractivity (Wildman–Crippen MR) is 122 cm³/mol. The number of amides is 1. The number of nitrogens with zero attached hydrogens (tertiary/aromatic N) is 6. The maximum absolute atomic E-state index is 11.9. The van der Waals surface area contributed by atoms with E-state index in [1.165, 1.54) is 12.4 Å². The van der Waals surface area contributed by atoms with Crippen molar-refractivity contribution in [3.63, 3.8) is 0 Å². The van der Waals surface area contributed by atoms with Gasteiger partial charge >= 0.3 is 0 Å². The lowest BCUT2D eigenvalue weighted by Crippen LogP contribution is -2.48. The predicted octanol–water partition coefficient (Wildman–Crippen LogP) is 3.73. The molecule has 8 heteroatoms. The average molecular weight is 431 g/mol. The Morgan fingerprint density at radius 3 is 2.68 bits per heavy atom. The lowest BCUT2D eigenvalue weighted by Gasteiger charge is -2.35. The van der Waals surface area contributed by atoms with Crippen LogP contribution in [-0.2, 0) is 4.79 Å². The van der Waals surface area contributed by atoms with Crippen molar-refractivity contribution >= 4 is 45.1 Å². The summed E-state index contributed by atoms with van der Waals surface area (Å²) in [7, 11) is 0. The van der Waals surface area contributed by atoms with Gasteiger partial charge in [0, 0.05) is 59.3 Å². The average Bonchev–Trinajstić information content (AvgIpc) is 2.82. The number of piperazine rings is 1. The van der Waals surface area contributed by atoms with Crippen LogP contribution in [0.1, 0.15) is 0 Å². The zero-order chi connectivity index (χ0) is 21.4. The van der Waals surface area contributed by atoms with Gasteiger partial charge in [-0.05, 0) is 18.2 Å². The molecule has 0 unspecified atom stereocenters. The van der Waals surface area contributed by atoms with E-state index < -0.39 is 0 Å². The highest BCUT2D eigenvalue weighted by Gasteiger charge is 2.22. The van der Waals surface area contributed by atoms with E-state index in [4.69, 9.17) is 11.6 Å². The molecule has 0 saturated carbocycles. The minimum atomic E-state index is -0.0428. The van der Waals surface area contributed by atoms with Crippen LogP contribution >= 0.6 is 11.6 Å². The monoisotopic (exact) mass is 430 g/mol. The Morgan fingerprint density at radius 2 is 1.87 bits per heavy atom. The van der Waals surface area contributed by atoms with Crippen molar-refractivity contribution in [3.8, 4) is 11.1 Å². The molecule has 2 aromatic heterocycles. The van der Waals surface area contributed by atoms with E-state index in [9.17, 15) is 4.79 Å². The lowest BCUT2D eigenvalue weighted by molar-refractivity contribution is -0.126. The van der Waals surface area contributed by atoms with E-state index in [1.807, 2.05) is 30.3 Å². The van der Waals surface area contributed by atoms with E-state index in [0.717, 1.165) is 38.8 Å². The van der Waals surface area contributed by atoms with Crippen LogP contribution in [-0.4, -0.2) is 56.9 Å². The number of benzene rings is 2. The fourth-order valence-corrected chi connectivity index (χ4v) is 4.29. The third kappa shape index (κ3) is 3.47. The summed E-state index contributed by atoms with van der Waals surface area (Å²) >= 11 is 6.75. The summed E-state index contributed by atoms with van der Waals surface area (Å²) in [5, 5.41) is 2.44. The SMILES string of the molecule is C=CC(=O)N1CCN(c2ncnc3cc(-c4cccc5cncnc45)c(Cl)cc23)CC1. The summed E-state index contributed by atoms with van der Waals surface area (Å²) in [6.45, 7) is 6.19. The summed E-state index contributed by atoms with van der Waals surface area (Å²) in [5.74, 6) is 0.781. The van der Waals surface area contributed by atoms with Crippen molar-refractivity contribution in [1.29, 1.82) is 0 Å². The Labute approximate surface area is 184 Å². The first kappa shape index (κ1) is 19.4. The second kappa shape index (κ2) is 7.92. The molecule has 1 fully saturated rings. The zero-order valence-electron chi connectivity index (χ0n) is 16.7. The van der Waals surface area contributed by atoms with Gasteiger partial charge in [-0.3, -0.25) is 4.79 Å². The molecule has 3 heterocycles. The van der Waals surface area contributed by atoms with Gasteiger partial charge in [0.1, 0.15) is 18.5 Å². The fourth-order valence-electron chi connectivity index (χ4n) is 4.02. The van der Waals surface area contributed by atoms with Gasteiger partial charge in [-0.1, -0.05) is 36.4 Å². The number of para-hydroxylation sites is 1. The van der Waals surface area contributed by atoms with Crippen LogP contribution in [0.15, 0.2) is 61.8 Å². The van der Waals surface area contributed by atoms with Gasteiger partial charge in [0.15, 0.2) is 0 Å². The molecule has 0 spiro atoms. The van der Waals surface area contributed by atoms with E-state index in [0.29, 0.717) is 31.2 Å². The first-order valence-corrected chi connectivity index (χ1v) is 10.3. The van der Waals surface area contributed by atoms with E-state index in [1.54, 1.807) is 17.4 Å². The highest BCUT2D eigenvalue weighted by molar-refractivity contribution is 6.34. The quantitative estimate of drug-likeness (QED) is 0.461. The lowest BCUT2D eigenvalue weighted by atomic mass is 10.0. The van der Waals surface area contributed by atoms with Crippen LogP contribution < -0.4 is 4.90 Å². The highest BCUT2D eigenvalue weighted by atomic mass is 35.5. The van der Waals surface area contributed by atoms with Crippen molar-refractivity contribution < 1.29 is 4.79 Å². The zero-order valence-corrected chi connectivity index (χ0v) is 17.5. The Balaban J connectivity index is 1.55. The maximum atomic E-state index is 11.9.